The molecule has 0 aliphatic rings. The predicted octanol–water partition coefficient (Wildman–Crippen LogP) is 1.90. The van der Waals surface area contributed by atoms with E-state index in [9.17, 15) is 13.6 Å². The average Bonchev–Trinajstić information content (AvgIpc) is 2.15. The Morgan fingerprint density at radius 1 is 1.67 bits per heavy atom. The SMILES string of the molecule is Cc1nc(C#N)cc(C(=O)O)c1C(F)F. The monoisotopic (exact) mass is 212 g/mol. The smallest absolute Gasteiger partial charge is 0.336 e. The molecule has 0 saturated heterocycles. The van der Waals surface area contributed by atoms with Crippen molar-refractivity contribution in [1.29, 1.82) is 5.26 Å². The summed E-state index contributed by atoms with van der Waals surface area (Å²) in [5.41, 5.74) is -1.54. The van der Waals surface area contributed by atoms with Crippen LogP contribution in [0.3, 0.4) is 0 Å². The minimum atomic E-state index is -2.92. The molecular weight excluding hydrogens is 206 g/mol. The Morgan fingerprint density at radius 3 is 2.67 bits per heavy atom. The highest BCUT2D eigenvalue weighted by molar-refractivity contribution is 5.90. The van der Waals surface area contributed by atoms with Crippen molar-refractivity contribution in [2.75, 3.05) is 0 Å². The number of carboxylic acid groups (broad SMARTS) is 1. The van der Waals surface area contributed by atoms with E-state index >= 15 is 0 Å². The standard InChI is InChI=1S/C9H6F2N2O2/c1-4-7(8(10)11)6(9(14)15)2-5(3-12)13-4/h2,8H,1H3,(H,14,15). The number of carboxylic acids is 1. The van der Waals surface area contributed by atoms with Crippen molar-refractivity contribution in [3.05, 3.63) is 28.6 Å². The Morgan fingerprint density at radius 2 is 2.27 bits per heavy atom. The molecule has 4 nitrogen and oxygen atoms in total. The van der Waals surface area contributed by atoms with Crippen LogP contribution in [0.5, 0.6) is 0 Å². The van der Waals surface area contributed by atoms with Crippen LogP contribution in [0.2, 0.25) is 0 Å². The first-order chi connectivity index (χ1) is 6.97. The molecule has 1 heterocycles. The van der Waals surface area contributed by atoms with Gasteiger partial charge in [-0.05, 0) is 13.0 Å². The second-order valence-electron chi connectivity index (χ2n) is 2.77. The lowest BCUT2D eigenvalue weighted by Crippen LogP contribution is -2.08. The summed E-state index contributed by atoms with van der Waals surface area (Å²) < 4.78 is 25.0. The van der Waals surface area contributed by atoms with Crippen molar-refractivity contribution in [1.82, 2.24) is 4.98 Å². The third kappa shape index (κ3) is 2.07. The molecule has 78 valence electrons. The topological polar surface area (TPSA) is 74.0 Å². The number of hydrogen-bond donors (Lipinski definition) is 1. The summed E-state index contributed by atoms with van der Waals surface area (Å²) in [7, 11) is 0. The molecule has 1 aromatic rings. The van der Waals surface area contributed by atoms with Gasteiger partial charge >= 0.3 is 5.97 Å². The fourth-order valence-electron chi connectivity index (χ4n) is 1.19. The Labute approximate surface area is 83.8 Å². The van der Waals surface area contributed by atoms with Crippen LogP contribution < -0.4 is 0 Å². The van der Waals surface area contributed by atoms with Gasteiger partial charge in [-0.25, -0.2) is 18.6 Å². The number of halogens is 2. The number of alkyl halides is 2. The summed E-state index contributed by atoms with van der Waals surface area (Å²) >= 11 is 0. The first-order valence-corrected chi connectivity index (χ1v) is 3.90. The molecule has 1 N–H and O–H groups in total. The van der Waals surface area contributed by atoms with Crippen LogP contribution in [-0.4, -0.2) is 16.1 Å². The molecule has 0 amide bonds. The molecule has 15 heavy (non-hydrogen) atoms. The first kappa shape index (κ1) is 11.0. The van der Waals surface area contributed by atoms with Crippen molar-refractivity contribution in [3.63, 3.8) is 0 Å². The van der Waals surface area contributed by atoms with Gasteiger partial charge in [0.25, 0.3) is 6.43 Å². The largest absolute Gasteiger partial charge is 0.478 e. The van der Waals surface area contributed by atoms with Crippen molar-refractivity contribution in [2.24, 2.45) is 0 Å². The number of carbonyl (C=O) groups is 1. The number of rotatable bonds is 2. The molecule has 0 aliphatic heterocycles. The van der Waals surface area contributed by atoms with Gasteiger partial charge in [-0.1, -0.05) is 0 Å². The second-order valence-corrected chi connectivity index (χ2v) is 2.77. The van der Waals surface area contributed by atoms with E-state index in [4.69, 9.17) is 10.4 Å². The lowest BCUT2D eigenvalue weighted by molar-refractivity contribution is 0.0683. The van der Waals surface area contributed by atoms with E-state index in [0.29, 0.717) is 0 Å². The van der Waals surface area contributed by atoms with Crippen LogP contribution >= 0.6 is 0 Å². The molecular formula is C9H6F2N2O2. The van der Waals surface area contributed by atoms with Gasteiger partial charge in [-0.2, -0.15) is 5.26 Å². The van der Waals surface area contributed by atoms with Gasteiger partial charge in [0.15, 0.2) is 0 Å². The van der Waals surface area contributed by atoms with Crippen LogP contribution in [-0.2, 0) is 0 Å². The summed E-state index contributed by atoms with van der Waals surface area (Å²) in [6, 6.07) is 2.45. The van der Waals surface area contributed by atoms with E-state index in [-0.39, 0.29) is 11.4 Å². The molecule has 0 unspecified atom stereocenters. The quantitative estimate of drug-likeness (QED) is 0.812. The van der Waals surface area contributed by atoms with Crippen molar-refractivity contribution in [3.8, 4) is 6.07 Å². The van der Waals surface area contributed by atoms with E-state index in [1.807, 2.05) is 0 Å². The number of pyridine rings is 1. The summed E-state index contributed by atoms with van der Waals surface area (Å²) in [5, 5.41) is 17.2. The molecule has 1 aromatic heterocycles. The highest BCUT2D eigenvalue weighted by Crippen LogP contribution is 2.26. The van der Waals surface area contributed by atoms with Crippen LogP contribution in [0.4, 0.5) is 8.78 Å². The molecule has 0 aliphatic carbocycles. The summed E-state index contributed by atoms with van der Waals surface area (Å²) in [6.07, 6.45) is -2.92. The molecule has 0 bridgehead atoms. The molecule has 6 heteroatoms. The zero-order valence-corrected chi connectivity index (χ0v) is 7.66. The zero-order chi connectivity index (χ0) is 11.6. The van der Waals surface area contributed by atoms with Gasteiger partial charge in [-0.15, -0.1) is 0 Å². The summed E-state index contributed by atoms with van der Waals surface area (Å²) in [4.78, 5) is 14.2. The third-order valence-corrected chi connectivity index (χ3v) is 1.81. The predicted molar refractivity (Wildman–Crippen MR) is 45.6 cm³/mol. The summed E-state index contributed by atoms with van der Waals surface area (Å²) in [5.74, 6) is -1.49. The highest BCUT2D eigenvalue weighted by atomic mass is 19.3. The van der Waals surface area contributed by atoms with E-state index in [1.54, 1.807) is 6.07 Å². The minimum Gasteiger partial charge on any atom is -0.478 e. The maximum Gasteiger partial charge on any atom is 0.336 e. The average molecular weight is 212 g/mol. The van der Waals surface area contributed by atoms with E-state index in [2.05, 4.69) is 4.98 Å². The van der Waals surface area contributed by atoms with Gasteiger partial charge in [-0.3, -0.25) is 0 Å². The second kappa shape index (κ2) is 4.00. The highest BCUT2D eigenvalue weighted by Gasteiger charge is 2.22. The first-order valence-electron chi connectivity index (χ1n) is 3.90. The van der Waals surface area contributed by atoms with Gasteiger partial charge in [0.05, 0.1) is 11.1 Å². The number of aromatic carboxylic acids is 1. The zero-order valence-electron chi connectivity index (χ0n) is 7.66. The van der Waals surface area contributed by atoms with Gasteiger partial charge < -0.3 is 5.11 Å². The summed E-state index contributed by atoms with van der Waals surface area (Å²) in [6.45, 7) is 1.24. The Hall–Kier alpha value is -2.03. The number of hydrogen-bond acceptors (Lipinski definition) is 3. The Kier molecular flexibility index (Phi) is 2.95. The normalized spacial score (nSPS) is 10.1. The molecule has 0 spiro atoms. The van der Waals surface area contributed by atoms with Crippen LogP contribution in [0.1, 0.15) is 33.7 Å². The fraction of sp³-hybridized carbons (Fsp3) is 0.222. The number of nitriles is 1. The maximum atomic E-state index is 12.5. The fourth-order valence-corrected chi connectivity index (χ4v) is 1.19. The van der Waals surface area contributed by atoms with Gasteiger partial charge in [0.2, 0.25) is 0 Å². The Bertz CT molecular complexity index is 452. The van der Waals surface area contributed by atoms with Crippen molar-refractivity contribution in [2.45, 2.75) is 13.3 Å². The van der Waals surface area contributed by atoms with Gasteiger partial charge in [0, 0.05) is 5.69 Å². The molecule has 0 saturated carbocycles. The number of aryl methyl sites for hydroxylation is 1. The maximum absolute atomic E-state index is 12.5. The van der Waals surface area contributed by atoms with Crippen molar-refractivity contribution >= 4 is 5.97 Å². The molecule has 0 fully saturated rings. The lowest BCUT2D eigenvalue weighted by Gasteiger charge is -2.07. The molecule has 0 aromatic carbocycles. The van der Waals surface area contributed by atoms with Crippen LogP contribution in [0.25, 0.3) is 0 Å². The van der Waals surface area contributed by atoms with Crippen molar-refractivity contribution < 1.29 is 18.7 Å². The Balaban J connectivity index is 3.51. The number of nitrogens with zero attached hydrogens (tertiary/aromatic N) is 2. The molecule has 0 atom stereocenters. The van der Waals surface area contributed by atoms with Crippen LogP contribution in [0, 0.1) is 18.3 Å². The minimum absolute atomic E-state index is 0.138. The van der Waals surface area contributed by atoms with E-state index in [1.165, 1.54) is 6.92 Å². The van der Waals surface area contributed by atoms with E-state index in [0.717, 1.165) is 6.07 Å². The number of aromatic nitrogens is 1. The molecule has 1 rings (SSSR count). The van der Waals surface area contributed by atoms with Gasteiger partial charge in [0.1, 0.15) is 11.8 Å². The lowest BCUT2D eigenvalue weighted by atomic mass is 10.1. The van der Waals surface area contributed by atoms with Crippen LogP contribution in [0.15, 0.2) is 6.07 Å². The van der Waals surface area contributed by atoms with E-state index < -0.39 is 23.5 Å². The molecule has 0 radical (unpaired) electrons. The third-order valence-electron chi connectivity index (χ3n) is 1.81.